The van der Waals surface area contributed by atoms with Gasteiger partial charge in [-0.25, -0.2) is 0 Å². The van der Waals surface area contributed by atoms with Gasteiger partial charge in [-0.1, -0.05) is 45.2 Å². The molecule has 0 saturated carbocycles. The van der Waals surface area contributed by atoms with Crippen molar-refractivity contribution in [3.05, 3.63) is 48.5 Å². The maximum atomic E-state index is 12.2. The summed E-state index contributed by atoms with van der Waals surface area (Å²) >= 11 is 0. The molecule has 156 valence electrons. The van der Waals surface area contributed by atoms with Crippen molar-refractivity contribution in [2.75, 3.05) is 29.1 Å². The normalized spacial score (nSPS) is 10.3. The van der Waals surface area contributed by atoms with E-state index in [1.807, 2.05) is 24.3 Å². The average molecular weight is 398 g/mol. The molecule has 2 aromatic carbocycles. The van der Waals surface area contributed by atoms with E-state index in [1.165, 1.54) is 19.3 Å². The van der Waals surface area contributed by atoms with Crippen molar-refractivity contribution in [2.24, 2.45) is 0 Å². The molecule has 0 spiro atoms. The fourth-order valence-electron chi connectivity index (χ4n) is 2.73. The maximum Gasteiger partial charge on any atom is 0.243 e. The van der Waals surface area contributed by atoms with Crippen LogP contribution >= 0.6 is 0 Å². The lowest BCUT2D eigenvalue weighted by Gasteiger charge is -2.11. The Morgan fingerprint density at radius 2 is 1.52 bits per heavy atom. The maximum absolute atomic E-state index is 12.2. The fourth-order valence-corrected chi connectivity index (χ4v) is 2.73. The van der Waals surface area contributed by atoms with E-state index < -0.39 is 0 Å². The van der Waals surface area contributed by atoms with Gasteiger partial charge in [-0.15, -0.1) is 0 Å². The third kappa shape index (κ3) is 8.68. The molecule has 2 aromatic rings. The number of carbonyl (C=O) groups excluding carboxylic acids is 2. The number of benzene rings is 2. The first-order chi connectivity index (χ1) is 14.1. The van der Waals surface area contributed by atoms with Crippen LogP contribution in [0.25, 0.3) is 0 Å². The summed E-state index contributed by atoms with van der Waals surface area (Å²) in [6.07, 6.45) is 5.07. The van der Waals surface area contributed by atoms with Crippen LogP contribution in [0, 0.1) is 0 Å². The van der Waals surface area contributed by atoms with Crippen molar-refractivity contribution in [3.63, 3.8) is 0 Å². The first-order valence-corrected chi connectivity index (χ1v) is 10.3. The van der Waals surface area contributed by atoms with Crippen LogP contribution in [0.4, 0.5) is 17.1 Å². The predicted octanol–water partition coefficient (Wildman–Crippen LogP) is 5.04. The van der Waals surface area contributed by atoms with E-state index in [-0.39, 0.29) is 18.4 Å². The van der Waals surface area contributed by atoms with Crippen LogP contribution in [-0.2, 0) is 9.59 Å². The minimum Gasteiger partial charge on any atom is -0.494 e. The molecule has 0 fully saturated rings. The SMILES string of the molecule is CCCCCCOc1cccc(NCC(=O)Nc2cccc(NC(=O)CC)c2)c1. The minimum absolute atomic E-state index is 0.0670. The molecule has 0 aromatic heterocycles. The second-order valence-electron chi connectivity index (χ2n) is 6.82. The molecule has 0 unspecified atom stereocenters. The van der Waals surface area contributed by atoms with E-state index in [2.05, 4.69) is 22.9 Å². The molecule has 0 radical (unpaired) electrons. The van der Waals surface area contributed by atoms with Crippen LogP contribution < -0.4 is 20.7 Å². The highest BCUT2D eigenvalue weighted by Crippen LogP contribution is 2.18. The Balaban J connectivity index is 1.79. The van der Waals surface area contributed by atoms with Gasteiger partial charge in [0.2, 0.25) is 11.8 Å². The van der Waals surface area contributed by atoms with Gasteiger partial charge in [0.15, 0.2) is 0 Å². The molecule has 0 aliphatic carbocycles. The van der Waals surface area contributed by atoms with Crippen LogP contribution in [0.3, 0.4) is 0 Å². The lowest BCUT2D eigenvalue weighted by molar-refractivity contribution is -0.116. The summed E-state index contributed by atoms with van der Waals surface area (Å²) in [5.74, 6) is 0.559. The first kappa shape index (κ1) is 22.3. The van der Waals surface area contributed by atoms with E-state index in [9.17, 15) is 9.59 Å². The van der Waals surface area contributed by atoms with Crippen molar-refractivity contribution in [2.45, 2.75) is 46.0 Å². The van der Waals surface area contributed by atoms with Crippen LogP contribution in [0.15, 0.2) is 48.5 Å². The van der Waals surface area contributed by atoms with E-state index in [0.717, 1.165) is 17.9 Å². The van der Waals surface area contributed by atoms with E-state index in [1.54, 1.807) is 31.2 Å². The zero-order valence-corrected chi connectivity index (χ0v) is 17.3. The lowest BCUT2D eigenvalue weighted by Crippen LogP contribution is -2.21. The molecule has 3 N–H and O–H groups in total. The Hall–Kier alpha value is -3.02. The van der Waals surface area contributed by atoms with E-state index in [0.29, 0.717) is 24.4 Å². The molecule has 6 heteroatoms. The average Bonchev–Trinajstić information content (AvgIpc) is 2.72. The van der Waals surface area contributed by atoms with Gasteiger partial charge in [-0.2, -0.15) is 0 Å². The van der Waals surface area contributed by atoms with Crippen molar-refractivity contribution in [3.8, 4) is 5.75 Å². The van der Waals surface area contributed by atoms with Gasteiger partial charge in [0, 0.05) is 29.5 Å². The number of nitrogens with one attached hydrogen (secondary N) is 3. The Morgan fingerprint density at radius 1 is 0.828 bits per heavy atom. The van der Waals surface area contributed by atoms with Gasteiger partial charge in [0.1, 0.15) is 5.75 Å². The molecule has 0 saturated heterocycles. The van der Waals surface area contributed by atoms with Gasteiger partial charge in [-0.3, -0.25) is 9.59 Å². The molecule has 0 aliphatic rings. The summed E-state index contributed by atoms with van der Waals surface area (Å²) in [5.41, 5.74) is 2.12. The molecular weight excluding hydrogens is 366 g/mol. The second-order valence-corrected chi connectivity index (χ2v) is 6.82. The Morgan fingerprint density at radius 3 is 2.24 bits per heavy atom. The fraction of sp³-hybridized carbons (Fsp3) is 0.391. The van der Waals surface area contributed by atoms with Crippen molar-refractivity contribution >= 4 is 28.9 Å². The third-order valence-electron chi connectivity index (χ3n) is 4.30. The van der Waals surface area contributed by atoms with Crippen LogP contribution in [-0.4, -0.2) is 25.0 Å². The molecule has 2 rings (SSSR count). The largest absolute Gasteiger partial charge is 0.494 e. The summed E-state index contributed by atoms with van der Waals surface area (Å²) in [7, 11) is 0. The summed E-state index contributed by atoms with van der Waals surface area (Å²) in [6.45, 7) is 4.81. The number of hydrogen-bond donors (Lipinski definition) is 3. The number of unbranched alkanes of at least 4 members (excludes halogenated alkanes) is 3. The van der Waals surface area contributed by atoms with Gasteiger partial charge in [-0.05, 0) is 36.8 Å². The van der Waals surface area contributed by atoms with Crippen LogP contribution in [0.1, 0.15) is 46.0 Å². The van der Waals surface area contributed by atoms with Gasteiger partial charge < -0.3 is 20.7 Å². The molecule has 2 amide bonds. The van der Waals surface area contributed by atoms with E-state index in [4.69, 9.17) is 4.74 Å². The Kier molecular flexibility index (Phi) is 9.55. The van der Waals surface area contributed by atoms with Gasteiger partial charge in [0.25, 0.3) is 0 Å². The monoisotopic (exact) mass is 397 g/mol. The summed E-state index contributed by atoms with van der Waals surface area (Å²) in [4.78, 5) is 23.7. The number of anilines is 3. The number of amides is 2. The van der Waals surface area contributed by atoms with Crippen molar-refractivity contribution < 1.29 is 14.3 Å². The zero-order chi connectivity index (χ0) is 20.9. The lowest BCUT2D eigenvalue weighted by atomic mass is 10.2. The van der Waals surface area contributed by atoms with Crippen LogP contribution in [0.2, 0.25) is 0 Å². The molecule has 0 atom stereocenters. The topological polar surface area (TPSA) is 79.5 Å². The van der Waals surface area contributed by atoms with E-state index >= 15 is 0 Å². The van der Waals surface area contributed by atoms with Gasteiger partial charge >= 0.3 is 0 Å². The number of ether oxygens (including phenoxy) is 1. The third-order valence-corrected chi connectivity index (χ3v) is 4.30. The molecular formula is C23H31N3O3. The summed E-state index contributed by atoms with van der Waals surface area (Å²) < 4.78 is 5.77. The smallest absolute Gasteiger partial charge is 0.243 e. The minimum atomic E-state index is -0.171. The quantitative estimate of drug-likeness (QED) is 0.438. The predicted molar refractivity (Wildman–Crippen MR) is 119 cm³/mol. The second kappa shape index (κ2) is 12.4. The molecule has 0 aliphatic heterocycles. The molecule has 6 nitrogen and oxygen atoms in total. The summed E-state index contributed by atoms with van der Waals surface area (Å²) in [6, 6.07) is 14.7. The molecule has 29 heavy (non-hydrogen) atoms. The highest BCUT2D eigenvalue weighted by Gasteiger charge is 2.05. The van der Waals surface area contributed by atoms with Crippen molar-refractivity contribution in [1.29, 1.82) is 0 Å². The first-order valence-electron chi connectivity index (χ1n) is 10.3. The Labute approximate surface area is 173 Å². The van der Waals surface area contributed by atoms with Crippen molar-refractivity contribution in [1.82, 2.24) is 0 Å². The zero-order valence-electron chi connectivity index (χ0n) is 17.3. The standard InChI is InChI=1S/C23H31N3O3/c1-3-5-6-7-14-29-21-13-9-10-18(16-21)24-17-23(28)26-20-12-8-11-19(15-20)25-22(27)4-2/h8-13,15-16,24H,3-7,14,17H2,1-2H3,(H,25,27)(H,26,28). The van der Waals surface area contributed by atoms with Gasteiger partial charge in [0.05, 0.1) is 13.2 Å². The summed E-state index contributed by atoms with van der Waals surface area (Å²) in [5, 5.41) is 8.72. The number of carbonyl (C=O) groups is 2. The molecule has 0 bridgehead atoms. The van der Waals surface area contributed by atoms with Crippen LogP contribution in [0.5, 0.6) is 5.75 Å². The highest BCUT2D eigenvalue weighted by atomic mass is 16.5. The highest BCUT2D eigenvalue weighted by molar-refractivity contribution is 5.95. The number of hydrogen-bond acceptors (Lipinski definition) is 4. The molecule has 0 heterocycles. The Bertz CT molecular complexity index is 792. The number of rotatable bonds is 12.